The highest BCUT2D eigenvalue weighted by atomic mass is 16.5. The molecule has 1 atom stereocenters. The van der Waals surface area contributed by atoms with E-state index in [0.717, 1.165) is 13.1 Å². The Kier molecular flexibility index (Phi) is 5.99. The fraction of sp³-hybridized carbons (Fsp3) is 1.00. The minimum absolute atomic E-state index is 0.486. The standard InChI is InChI=1S/C5H11NO.C2H6/c1-7-5-2-3-6-4-5;1-2/h5-6H,2-4H2,1H3;1-2H3/t5-;/m0./s1. The Hall–Kier alpha value is -0.0800. The van der Waals surface area contributed by atoms with Crippen LogP contribution in [0.5, 0.6) is 0 Å². The molecule has 2 nitrogen and oxygen atoms in total. The Morgan fingerprint density at radius 2 is 2.11 bits per heavy atom. The van der Waals surface area contributed by atoms with E-state index in [-0.39, 0.29) is 0 Å². The average molecular weight is 131 g/mol. The maximum Gasteiger partial charge on any atom is 0.0707 e. The highest BCUT2D eigenvalue weighted by Crippen LogP contribution is 1.99. The van der Waals surface area contributed by atoms with Gasteiger partial charge in [-0.05, 0) is 13.0 Å². The highest BCUT2D eigenvalue weighted by molar-refractivity contribution is 4.69. The molecule has 0 amide bonds. The molecule has 0 aromatic heterocycles. The van der Waals surface area contributed by atoms with Gasteiger partial charge in [-0.15, -0.1) is 0 Å². The van der Waals surface area contributed by atoms with Crippen molar-refractivity contribution in [3.8, 4) is 0 Å². The molecule has 1 fully saturated rings. The molecule has 0 unspecified atom stereocenters. The third-order valence-electron chi connectivity index (χ3n) is 1.35. The molecule has 1 N–H and O–H groups in total. The summed E-state index contributed by atoms with van der Waals surface area (Å²) in [4.78, 5) is 0. The van der Waals surface area contributed by atoms with Crippen LogP contribution in [0.4, 0.5) is 0 Å². The second-order valence-electron chi connectivity index (χ2n) is 1.85. The van der Waals surface area contributed by atoms with Crippen molar-refractivity contribution in [1.82, 2.24) is 5.32 Å². The van der Waals surface area contributed by atoms with Gasteiger partial charge in [0.2, 0.25) is 0 Å². The Morgan fingerprint density at radius 3 is 2.33 bits per heavy atom. The Labute approximate surface area is 57.6 Å². The van der Waals surface area contributed by atoms with Gasteiger partial charge in [-0.25, -0.2) is 0 Å². The summed E-state index contributed by atoms with van der Waals surface area (Å²) < 4.78 is 5.05. The smallest absolute Gasteiger partial charge is 0.0707 e. The molecule has 0 saturated carbocycles. The summed E-state index contributed by atoms with van der Waals surface area (Å²) in [7, 11) is 1.76. The molecule has 1 aliphatic rings. The van der Waals surface area contributed by atoms with Crippen molar-refractivity contribution in [2.24, 2.45) is 0 Å². The molecule has 0 bridgehead atoms. The molecular formula is C7H17NO. The number of hydrogen-bond acceptors (Lipinski definition) is 2. The molecule has 1 rings (SSSR count). The average Bonchev–Trinajstić information content (AvgIpc) is 2.43. The maximum absolute atomic E-state index is 5.05. The second-order valence-corrected chi connectivity index (χ2v) is 1.85. The van der Waals surface area contributed by atoms with E-state index >= 15 is 0 Å². The van der Waals surface area contributed by atoms with Gasteiger partial charge in [0.15, 0.2) is 0 Å². The molecule has 2 heteroatoms. The first-order valence-electron chi connectivity index (χ1n) is 3.67. The van der Waals surface area contributed by atoms with Crippen LogP contribution in [0.2, 0.25) is 0 Å². The minimum atomic E-state index is 0.486. The van der Waals surface area contributed by atoms with Crippen molar-refractivity contribution < 1.29 is 4.74 Å². The first-order valence-corrected chi connectivity index (χ1v) is 3.67. The van der Waals surface area contributed by atoms with Gasteiger partial charge in [0.25, 0.3) is 0 Å². The molecule has 1 saturated heterocycles. The molecule has 0 radical (unpaired) electrons. The molecule has 0 aliphatic carbocycles. The molecule has 1 heterocycles. The third-order valence-corrected chi connectivity index (χ3v) is 1.35. The normalized spacial score (nSPS) is 25.0. The van der Waals surface area contributed by atoms with Gasteiger partial charge >= 0.3 is 0 Å². The fourth-order valence-electron chi connectivity index (χ4n) is 0.829. The van der Waals surface area contributed by atoms with Crippen LogP contribution >= 0.6 is 0 Å². The fourth-order valence-corrected chi connectivity index (χ4v) is 0.829. The number of nitrogens with one attached hydrogen (secondary N) is 1. The first-order chi connectivity index (χ1) is 4.43. The van der Waals surface area contributed by atoms with E-state index in [0.29, 0.717) is 6.10 Å². The monoisotopic (exact) mass is 131 g/mol. The summed E-state index contributed by atoms with van der Waals surface area (Å²) in [5.41, 5.74) is 0. The van der Waals surface area contributed by atoms with Gasteiger partial charge < -0.3 is 10.1 Å². The van der Waals surface area contributed by atoms with E-state index in [4.69, 9.17) is 4.74 Å². The van der Waals surface area contributed by atoms with E-state index in [1.165, 1.54) is 6.42 Å². The Balaban J connectivity index is 0.000000291. The number of hydrogen-bond donors (Lipinski definition) is 1. The number of rotatable bonds is 1. The summed E-state index contributed by atoms with van der Waals surface area (Å²) >= 11 is 0. The summed E-state index contributed by atoms with van der Waals surface area (Å²) in [6.45, 7) is 6.16. The molecule has 0 spiro atoms. The van der Waals surface area contributed by atoms with E-state index in [1.807, 2.05) is 13.8 Å². The topological polar surface area (TPSA) is 21.3 Å². The lowest BCUT2D eigenvalue weighted by atomic mass is 10.3. The highest BCUT2D eigenvalue weighted by Gasteiger charge is 2.11. The van der Waals surface area contributed by atoms with Crippen molar-refractivity contribution in [1.29, 1.82) is 0 Å². The molecule has 0 aromatic rings. The van der Waals surface area contributed by atoms with Crippen molar-refractivity contribution in [3.63, 3.8) is 0 Å². The zero-order valence-electron chi connectivity index (χ0n) is 6.61. The Morgan fingerprint density at radius 1 is 1.44 bits per heavy atom. The van der Waals surface area contributed by atoms with Crippen LogP contribution < -0.4 is 5.32 Å². The molecule has 1 aliphatic heterocycles. The molecule has 0 aromatic carbocycles. The van der Waals surface area contributed by atoms with Gasteiger partial charge in [-0.2, -0.15) is 0 Å². The summed E-state index contributed by atoms with van der Waals surface area (Å²) in [5, 5.41) is 3.20. The van der Waals surface area contributed by atoms with Crippen molar-refractivity contribution in [3.05, 3.63) is 0 Å². The van der Waals surface area contributed by atoms with E-state index in [9.17, 15) is 0 Å². The van der Waals surface area contributed by atoms with Crippen LogP contribution in [0.1, 0.15) is 20.3 Å². The minimum Gasteiger partial charge on any atom is -0.380 e. The van der Waals surface area contributed by atoms with E-state index in [2.05, 4.69) is 5.32 Å². The lowest BCUT2D eigenvalue weighted by Gasteiger charge is -2.01. The zero-order chi connectivity index (χ0) is 7.11. The van der Waals surface area contributed by atoms with E-state index < -0.39 is 0 Å². The molecule has 56 valence electrons. The van der Waals surface area contributed by atoms with Gasteiger partial charge in [-0.3, -0.25) is 0 Å². The quantitative estimate of drug-likeness (QED) is 0.573. The van der Waals surface area contributed by atoms with Crippen molar-refractivity contribution >= 4 is 0 Å². The number of ether oxygens (including phenoxy) is 1. The maximum atomic E-state index is 5.05. The SMILES string of the molecule is CC.CO[C@H]1CCNC1. The molecule has 9 heavy (non-hydrogen) atoms. The van der Waals surface area contributed by atoms with E-state index in [1.54, 1.807) is 7.11 Å². The van der Waals surface area contributed by atoms with Crippen LogP contribution in [-0.2, 0) is 4.74 Å². The summed E-state index contributed by atoms with van der Waals surface area (Å²) in [6, 6.07) is 0. The first kappa shape index (κ1) is 8.92. The molecular weight excluding hydrogens is 114 g/mol. The van der Waals surface area contributed by atoms with Crippen LogP contribution in [0.15, 0.2) is 0 Å². The summed E-state index contributed by atoms with van der Waals surface area (Å²) in [5.74, 6) is 0. The predicted octanol–water partition coefficient (Wildman–Crippen LogP) is 1.02. The predicted molar refractivity (Wildman–Crippen MR) is 39.6 cm³/mol. The summed E-state index contributed by atoms with van der Waals surface area (Å²) in [6.07, 6.45) is 1.66. The van der Waals surface area contributed by atoms with Gasteiger partial charge in [0.1, 0.15) is 0 Å². The van der Waals surface area contributed by atoms with Gasteiger partial charge in [-0.1, -0.05) is 13.8 Å². The lowest BCUT2D eigenvalue weighted by Crippen LogP contribution is -2.14. The second kappa shape index (κ2) is 6.05. The largest absolute Gasteiger partial charge is 0.380 e. The van der Waals surface area contributed by atoms with Gasteiger partial charge in [0, 0.05) is 13.7 Å². The van der Waals surface area contributed by atoms with Gasteiger partial charge in [0.05, 0.1) is 6.10 Å². The van der Waals surface area contributed by atoms with Crippen LogP contribution in [-0.4, -0.2) is 26.3 Å². The Bertz CT molecular complexity index is 50.9. The van der Waals surface area contributed by atoms with Crippen molar-refractivity contribution in [2.75, 3.05) is 20.2 Å². The van der Waals surface area contributed by atoms with Crippen LogP contribution in [0, 0.1) is 0 Å². The van der Waals surface area contributed by atoms with Crippen LogP contribution in [0.3, 0.4) is 0 Å². The lowest BCUT2D eigenvalue weighted by molar-refractivity contribution is 0.119. The third kappa shape index (κ3) is 3.49. The van der Waals surface area contributed by atoms with Crippen molar-refractivity contribution in [2.45, 2.75) is 26.4 Å². The number of methoxy groups -OCH3 is 1. The van der Waals surface area contributed by atoms with Crippen LogP contribution in [0.25, 0.3) is 0 Å². The zero-order valence-corrected chi connectivity index (χ0v) is 6.61.